The molecule has 0 atom stereocenters. The zero-order chi connectivity index (χ0) is 10.4. The predicted octanol–water partition coefficient (Wildman–Crippen LogP) is 4.08. The van der Waals surface area contributed by atoms with Crippen molar-refractivity contribution in [3.05, 3.63) is 28.2 Å². The van der Waals surface area contributed by atoms with Crippen LogP contribution in [0.4, 0.5) is 0 Å². The molecule has 0 saturated heterocycles. The van der Waals surface area contributed by atoms with Gasteiger partial charge in [-0.2, -0.15) is 12.6 Å². The number of halogens is 2. The molecule has 0 spiro atoms. The lowest BCUT2D eigenvalue weighted by atomic mass is 10.3. The molecule has 1 aromatic rings. The van der Waals surface area contributed by atoms with Gasteiger partial charge in [0.15, 0.2) is 0 Å². The second-order valence-electron chi connectivity index (χ2n) is 2.88. The highest BCUT2D eigenvalue weighted by molar-refractivity contribution is 7.80. The molecule has 0 heterocycles. The first-order valence-corrected chi connectivity index (χ1v) is 5.81. The zero-order valence-electron chi connectivity index (χ0n) is 7.67. The highest BCUT2D eigenvalue weighted by atomic mass is 35.5. The van der Waals surface area contributed by atoms with E-state index in [2.05, 4.69) is 12.6 Å². The van der Waals surface area contributed by atoms with E-state index in [-0.39, 0.29) is 0 Å². The molecule has 1 rings (SSSR count). The van der Waals surface area contributed by atoms with Crippen molar-refractivity contribution in [3.63, 3.8) is 0 Å². The third-order valence-electron chi connectivity index (χ3n) is 1.66. The van der Waals surface area contributed by atoms with Crippen LogP contribution in [-0.2, 0) is 0 Å². The van der Waals surface area contributed by atoms with E-state index in [1.165, 1.54) is 0 Å². The summed E-state index contributed by atoms with van der Waals surface area (Å²) in [6.07, 6.45) is 2.05. The van der Waals surface area contributed by atoms with Gasteiger partial charge in [-0.15, -0.1) is 0 Å². The van der Waals surface area contributed by atoms with E-state index in [9.17, 15) is 0 Å². The van der Waals surface area contributed by atoms with Crippen molar-refractivity contribution in [1.82, 2.24) is 0 Å². The fourth-order valence-corrected chi connectivity index (χ4v) is 1.75. The third-order valence-corrected chi connectivity index (χ3v) is 2.41. The number of hydrogen-bond acceptors (Lipinski definition) is 2. The van der Waals surface area contributed by atoms with E-state index >= 15 is 0 Å². The van der Waals surface area contributed by atoms with E-state index in [1.807, 2.05) is 0 Å². The van der Waals surface area contributed by atoms with Crippen molar-refractivity contribution in [2.75, 3.05) is 12.4 Å². The Morgan fingerprint density at radius 3 is 2.29 bits per heavy atom. The van der Waals surface area contributed by atoms with Gasteiger partial charge in [0.2, 0.25) is 0 Å². The summed E-state index contributed by atoms with van der Waals surface area (Å²) in [5.41, 5.74) is 0. The topological polar surface area (TPSA) is 9.23 Å². The van der Waals surface area contributed by atoms with Gasteiger partial charge in [0.25, 0.3) is 0 Å². The number of benzene rings is 1. The largest absolute Gasteiger partial charge is 0.493 e. The van der Waals surface area contributed by atoms with Gasteiger partial charge < -0.3 is 4.74 Å². The summed E-state index contributed by atoms with van der Waals surface area (Å²) in [4.78, 5) is 0. The summed E-state index contributed by atoms with van der Waals surface area (Å²) in [7, 11) is 0. The summed E-state index contributed by atoms with van der Waals surface area (Å²) in [5.74, 6) is 1.61. The first-order chi connectivity index (χ1) is 6.72. The Morgan fingerprint density at radius 2 is 1.71 bits per heavy atom. The number of ether oxygens (including phenoxy) is 1. The smallest absolute Gasteiger partial charge is 0.122 e. The van der Waals surface area contributed by atoms with Gasteiger partial charge in [0, 0.05) is 10.0 Å². The summed E-state index contributed by atoms with van der Waals surface area (Å²) in [5, 5.41) is 1.20. The second-order valence-corrected chi connectivity index (χ2v) is 4.20. The zero-order valence-corrected chi connectivity index (χ0v) is 10.1. The van der Waals surface area contributed by atoms with Crippen LogP contribution in [0.25, 0.3) is 0 Å². The maximum atomic E-state index is 5.81. The molecule has 0 aliphatic heterocycles. The maximum Gasteiger partial charge on any atom is 0.122 e. The molecule has 1 nitrogen and oxygen atoms in total. The molecule has 0 amide bonds. The Bertz CT molecular complexity index is 271. The van der Waals surface area contributed by atoms with Gasteiger partial charge in [-0.05, 0) is 36.8 Å². The molecule has 0 radical (unpaired) electrons. The average Bonchev–Trinajstić information content (AvgIpc) is 2.11. The van der Waals surface area contributed by atoms with Crippen LogP contribution in [-0.4, -0.2) is 12.4 Å². The molecular formula is C10H12Cl2OS. The Labute approximate surface area is 99.8 Å². The Morgan fingerprint density at radius 1 is 1.07 bits per heavy atom. The molecule has 1 aromatic carbocycles. The van der Waals surface area contributed by atoms with E-state index in [0.29, 0.717) is 16.7 Å². The maximum absolute atomic E-state index is 5.81. The molecule has 0 fully saturated rings. The van der Waals surface area contributed by atoms with Crippen LogP contribution >= 0.6 is 35.8 Å². The van der Waals surface area contributed by atoms with Crippen LogP contribution in [0.3, 0.4) is 0 Å². The molecular weight excluding hydrogens is 239 g/mol. The minimum absolute atomic E-state index is 0.599. The standard InChI is InChI=1S/C10H12Cl2OS/c11-8-5-9(12)7-10(6-8)13-3-1-2-4-14/h5-7,14H,1-4H2. The van der Waals surface area contributed by atoms with Crippen molar-refractivity contribution in [2.24, 2.45) is 0 Å². The van der Waals surface area contributed by atoms with Gasteiger partial charge in [-0.1, -0.05) is 23.2 Å². The molecule has 0 aliphatic carbocycles. The van der Waals surface area contributed by atoms with Gasteiger partial charge in [0.05, 0.1) is 6.61 Å². The third kappa shape index (κ3) is 4.45. The highest BCUT2D eigenvalue weighted by Crippen LogP contribution is 2.24. The molecule has 0 unspecified atom stereocenters. The number of thiol groups is 1. The van der Waals surface area contributed by atoms with Crippen LogP contribution in [0.5, 0.6) is 5.75 Å². The van der Waals surface area contributed by atoms with E-state index in [1.54, 1.807) is 18.2 Å². The predicted molar refractivity (Wildman–Crippen MR) is 65.0 cm³/mol. The Balaban J connectivity index is 2.42. The van der Waals surface area contributed by atoms with Crippen LogP contribution in [0.1, 0.15) is 12.8 Å². The van der Waals surface area contributed by atoms with Gasteiger partial charge in [-0.25, -0.2) is 0 Å². The normalized spacial score (nSPS) is 10.2. The van der Waals surface area contributed by atoms with Crippen molar-refractivity contribution in [2.45, 2.75) is 12.8 Å². The molecule has 0 bridgehead atoms. The van der Waals surface area contributed by atoms with Crippen molar-refractivity contribution in [1.29, 1.82) is 0 Å². The minimum Gasteiger partial charge on any atom is -0.493 e. The second kappa shape index (κ2) is 6.44. The average molecular weight is 251 g/mol. The Kier molecular flexibility index (Phi) is 5.53. The van der Waals surface area contributed by atoms with E-state index in [0.717, 1.165) is 24.3 Å². The fraction of sp³-hybridized carbons (Fsp3) is 0.400. The monoisotopic (exact) mass is 250 g/mol. The summed E-state index contributed by atoms with van der Waals surface area (Å²) < 4.78 is 5.47. The van der Waals surface area contributed by atoms with Crippen LogP contribution < -0.4 is 4.74 Å². The lowest BCUT2D eigenvalue weighted by molar-refractivity contribution is 0.310. The van der Waals surface area contributed by atoms with E-state index < -0.39 is 0 Å². The van der Waals surface area contributed by atoms with E-state index in [4.69, 9.17) is 27.9 Å². The van der Waals surface area contributed by atoms with Gasteiger partial charge in [-0.3, -0.25) is 0 Å². The minimum atomic E-state index is 0.599. The van der Waals surface area contributed by atoms with Crippen LogP contribution in [0.15, 0.2) is 18.2 Å². The fourth-order valence-electron chi connectivity index (χ4n) is 1.02. The molecule has 0 aromatic heterocycles. The summed E-state index contributed by atoms with van der Waals surface area (Å²) >= 11 is 15.7. The van der Waals surface area contributed by atoms with Crippen molar-refractivity contribution in [3.8, 4) is 5.75 Å². The molecule has 0 saturated carbocycles. The number of unbranched alkanes of at least 4 members (excludes halogenated alkanes) is 1. The first-order valence-electron chi connectivity index (χ1n) is 4.42. The molecule has 0 aliphatic rings. The quantitative estimate of drug-likeness (QED) is 0.612. The van der Waals surface area contributed by atoms with Crippen molar-refractivity contribution < 1.29 is 4.74 Å². The first kappa shape index (κ1) is 12.0. The van der Waals surface area contributed by atoms with Gasteiger partial charge in [0.1, 0.15) is 5.75 Å². The van der Waals surface area contributed by atoms with Crippen LogP contribution in [0.2, 0.25) is 10.0 Å². The van der Waals surface area contributed by atoms with Gasteiger partial charge >= 0.3 is 0 Å². The lowest BCUT2D eigenvalue weighted by Crippen LogP contribution is -1.97. The summed E-state index contributed by atoms with van der Waals surface area (Å²) in [6, 6.07) is 5.20. The summed E-state index contributed by atoms with van der Waals surface area (Å²) in [6.45, 7) is 0.678. The molecule has 0 N–H and O–H groups in total. The molecule has 4 heteroatoms. The highest BCUT2D eigenvalue weighted by Gasteiger charge is 1.98. The van der Waals surface area contributed by atoms with Crippen molar-refractivity contribution >= 4 is 35.8 Å². The van der Waals surface area contributed by atoms with Crippen LogP contribution in [0, 0.1) is 0 Å². The molecule has 14 heavy (non-hydrogen) atoms. The lowest BCUT2D eigenvalue weighted by Gasteiger charge is -2.06. The number of hydrogen-bond donors (Lipinski definition) is 1. The SMILES string of the molecule is SCCCCOc1cc(Cl)cc(Cl)c1. The molecule has 78 valence electrons. The Hall–Kier alpha value is -0.0500. The number of rotatable bonds is 5.